The summed E-state index contributed by atoms with van der Waals surface area (Å²) in [6.45, 7) is 5.94. The SMILES string of the molecule is CCc1ncc(CNCCC(C)S(C)=O)s1. The molecule has 1 rings (SSSR count). The zero-order chi connectivity index (χ0) is 12.0. The Hall–Kier alpha value is -0.260. The van der Waals surface area contributed by atoms with Crippen LogP contribution in [-0.2, 0) is 23.8 Å². The molecule has 16 heavy (non-hydrogen) atoms. The lowest BCUT2D eigenvalue weighted by molar-refractivity contribution is 0.631. The van der Waals surface area contributed by atoms with E-state index in [1.54, 1.807) is 17.6 Å². The highest BCUT2D eigenvalue weighted by molar-refractivity contribution is 7.84. The molecule has 92 valence electrons. The van der Waals surface area contributed by atoms with Gasteiger partial charge in [0.2, 0.25) is 0 Å². The molecule has 0 aliphatic rings. The quantitative estimate of drug-likeness (QED) is 0.762. The van der Waals surface area contributed by atoms with Gasteiger partial charge in [-0.25, -0.2) is 4.98 Å². The first-order valence-corrected chi connectivity index (χ1v) is 8.03. The van der Waals surface area contributed by atoms with Crippen molar-refractivity contribution in [2.75, 3.05) is 12.8 Å². The highest BCUT2D eigenvalue weighted by Gasteiger charge is 2.05. The summed E-state index contributed by atoms with van der Waals surface area (Å²) in [5, 5.41) is 4.83. The van der Waals surface area contributed by atoms with E-state index in [-0.39, 0.29) is 5.25 Å². The summed E-state index contributed by atoms with van der Waals surface area (Å²) in [7, 11) is -0.705. The summed E-state index contributed by atoms with van der Waals surface area (Å²) in [6, 6.07) is 0. The second kappa shape index (κ2) is 7.14. The van der Waals surface area contributed by atoms with Gasteiger partial charge in [0, 0.05) is 39.9 Å². The number of hydrogen-bond donors (Lipinski definition) is 1. The molecule has 0 bridgehead atoms. The van der Waals surface area contributed by atoms with Crippen LogP contribution < -0.4 is 5.32 Å². The van der Waals surface area contributed by atoms with Gasteiger partial charge in [0.1, 0.15) is 0 Å². The van der Waals surface area contributed by atoms with Crippen LogP contribution in [0.5, 0.6) is 0 Å². The summed E-state index contributed by atoms with van der Waals surface area (Å²) in [5.41, 5.74) is 0. The van der Waals surface area contributed by atoms with Crippen LogP contribution in [0.3, 0.4) is 0 Å². The fourth-order valence-electron chi connectivity index (χ4n) is 1.28. The predicted molar refractivity (Wildman–Crippen MR) is 71.3 cm³/mol. The van der Waals surface area contributed by atoms with E-state index in [0.29, 0.717) is 0 Å². The minimum absolute atomic E-state index is 0.278. The molecule has 1 aromatic heterocycles. The van der Waals surface area contributed by atoms with Crippen molar-refractivity contribution >= 4 is 22.1 Å². The number of hydrogen-bond acceptors (Lipinski definition) is 4. The van der Waals surface area contributed by atoms with E-state index in [4.69, 9.17) is 0 Å². The van der Waals surface area contributed by atoms with Gasteiger partial charge >= 0.3 is 0 Å². The molecule has 0 fully saturated rings. The van der Waals surface area contributed by atoms with E-state index >= 15 is 0 Å². The molecule has 1 heterocycles. The van der Waals surface area contributed by atoms with Gasteiger partial charge in [-0.2, -0.15) is 0 Å². The highest BCUT2D eigenvalue weighted by Crippen LogP contribution is 2.12. The first-order chi connectivity index (χ1) is 7.63. The predicted octanol–water partition coefficient (Wildman–Crippen LogP) is 1.95. The molecule has 2 unspecified atom stereocenters. The Balaban J connectivity index is 2.18. The van der Waals surface area contributed by atoms with Crippen molar-refractivity contribution in [1.29, 1.82) is 0 Å². The van der Waals surface area contributed by atoms with E-state index in [9.17, 15) is 4.21 Å². The van der Waals surface area contributed by atoms with Crippen molar-refractivity contribution in [2.45, 2.75) is 38.5 Å². The fraction of sp³-hybridized carbons (Fsp3) is 0.727. The maximum Gasteiger partial charge on any atom is 0.0925 e. The Kier molecular flexibility index (Phi) is 6.16. The van der Waals surface area contributed by atoms with Gasteiger partial charge in [-0.05, 0) is 19.4 Å². The van der Waals surface area contributed by atoms with Gasteiger partial charge in [0.15, 0.2) is 0 Å². The number of nitrogens with one attached hydrogen (secondary N) is 1. The van der Waals surface area contributed by atoms with Gasteiger partial charge in [-0.3, -0.25) is 4.21 Å². The number of rotatable bonds is 7. The molecule has 0 radical (unpaired) electrons. The Bertz CT molecular complexity index is 338. The highest BCUT2D eigenvalue weighted by atomic mass is 32.2. The molecule has 1 N–H and O–H groups in total. The third-order valence-corrected chi connectivity index (χ3v) is 5.01. The van der Waals surface area contributed by atoms with Gasteiger partial charge in [-0.1, -0.05) is 13.8 Å². The van der Waals surface area contributed by atoms with Crippen LogP contribution in [0.4, 0.5) is 0 Å². The second-order valence-electron chi connectivity index (χ2n) is 3.85. The van der Waals surface area contributed by atoms with Crippen molar-refractivity contribution in [3.8, 4) is 0 Å². The molecule has 0 aliphatic carbocycles. The lowest BCUT2D eigenvalue weighted by Gasteiger charge is -2.08. The molecule has 0 aliphatic heterocycles. The van der Waals surface area contributed by atoms with Crippen molar-refractivity contribution < 1.29 is 4.21 Å². The Morgan fingerprint density at radius 2 is 2.38 bits per heavy atom. The van der Waals surface area contributed by atoms with Crippen LogP contribution in [0.1, 0.15) is 30.2 Å². The first-order valence-electron chi connectivity index (χ1n) is 5.60. The molecule has 3 nitrogen and oxygen atoms in total. The van der Waals surface area contributed by atoms with E-state index in [0.717, 1.165) is 25.9 Å². The molecule has 0 amide bonds. The summed E-state index contributed by atoms with van der Waals surface area (Å²) in [6.07, 6.45) is 5.68. The zero-order valence-electron chi connectivity index (χ0n) is 10.2. The third kappa shape index (κ3) is 4.72. The average molecular weight is 260 g/mol. The molecule has 1 aromatic rings. The third-order valence-electron chi connectivity index (χ3n) is 2.50. The van der Waals surface area contributed by atoms with Gasteiger partial charge in [-0.15, -0.1) is 11.3 Å². The standard InChI is InChI=1S/C11H20N2OS2/c1-4-11-13-8-10(15-11)7-12-6-5-9(2)16(3)14/h8-9,12H,4-7H2,1-3H3. The van der Waals surface area contributed by atoms with Crippen molar-refractivity contribution in [1.82, 2.24) is 10.3 Å². The summed E-state index contributed by atoms with van der Waals surface area (Å²) < 4.78 is 11.1. The molecule has 0 aromatic carbocycles. The van der Waals surface area contributed by atoms with Crippen LogP contribution in [0.25, 0.3) is 0 Å². The fourth-order valence-corrected chi connectivity index (χ4v) is 2.56. The van der Waals surface area contributed by atoms with Gasteiger partial charge in [0.25, 0.3) is 0 Å². The number of thiazole rings is 1. The summed E-state index contributed by atoms with van der Waals surface area (Å²) >= 11 is 1.76. The number of aromatic nitrogens is 1. The molecule has 0 saturated heterocycles. The second-order valence-corrected chi connectivity index (χ2v) is 6.85. The minimum atomic E-state index is -0.705. The number of nitrogens with zero attached hydrogens (tertiary/aromatic N) is 1. The number of aryl methyl sites for hydroxylation is 1. The molecular formula is C11H20N2OS2. The minimum Gasteiger partial charge on any atom is -0.312 e. The lowest BCUT2D eigenvalue weighted by Crippen LogP contribution is -2.20. The Labute approximate surface area is 104 Å². The molecule has 0 spiro atoms. The smallest absolute Gasteiger partial charge is 0.0925 e. The normalized spacial score (nSPS) is 14.9. The van der Waals surface area contributed by atoms with Crippen LogP contribution in [0, 0.1) is 0 Å². The van der Waals surface area contributed by atoms with E-state index in [1.807, 2.05) is 13.1 Å². The molecular weight excluding hydrogens is 240 g/mol. The van der Waals surface area contributed by atoms with Gasteiger partial charge in [0.05, 0.1) is 5.01 Å². The first kappa shape index (κ1) is 13.8. The zero-order valence-corrected chi connectivity index (χ0v) is 11.8. The van der Waals surface area contributed by atoms with Crippen LogP contribution in [-0.4, -0.2) is 27.2 Å². The average Bonchev–Trinajstić information content (AvgIpc) is 2.71. The molecule has 2 atom stereocenters. The lowest BCUT2D eigenvalue weighted by atomic mass is 10.3. The Morgan fingerprint density at radius 3 is 2.94 bits per heavy atom. The van der Waals surface area contributed by atoms with Crippen LogP contribution in [0.2, 0.25) is 0 Å². The molecule has 5 heteroatoms. The van der Waals surface area contributed by atoms with Crippen LogP contribution in [0.15, 0.2) is 6.20 Å². The maximum atomic E-state index is 11.1. The largest absolute Gasteiger partial charge is 0.312 e. The van der Waals surface area contributed by atoms with Crippen LogP contribution >= 0.6 is 11.3 Å². The summed E-state index contributed by atoms with van der Waals surface area (Å²) in [5.74, 6) is 0. The van der Waals surface area contributed by atoms with E-state index in [2.05, 4.69) is 17.2 Å². The van der Waals surface area contributed by atoms with Crippen molar-refractivity contribution in [3.63, 3.8) is 0 Å². The van der Waals surface area contributed by atoms with Gasteiger partial charge < -0.3 is 5.32 Å². The molecule has 0 saturated carbocycles. The Morgan fingerprint density at radius 1 is 1.62 bits per heavy atom. The monoisotopic (exact) mass is 260 g/mol. The maximum absolute atomic E-state index is 11.1. The van der Waals surface area contributed by atoms with E-state index < -0.39 is 10.8 Å². The topological polar surface area (TPSA) is 42.0 Å². The van der Waals surface area contributed by atoms with Crippen molar-refractivity contribution in [2.24, 2.45) is 0 Å². The van der Waals surface area contributed by atoms with Crippen molar-refractivity contribution in [3.05, 3.63) is 16.1 Å². The summed E-state index contributed by atoms with van der Waals surface area (Å²) in [4.78, 5) is 5.59. The van der Waals surface area contributed by atoms with E-state index in [1.165, 1.54) is 9.88 Å².